The lowest BCUT2D eigenvalue weighted by Crippen LogP contribution is -2.05. The lowest BCUT2D eigenvalue weighted by Gasteiger charge is -2.14. The highest BCUT2D eigenvalue weighted by Gasteiger charge is 2.10. The van der Waals surface area contributed by atoms with Gasteiger partial charge in [-0.25, -0.2) is 0 Å². The minimum absolute atomic E-state index is 0.451. The minimum atomic E-state index is -0.451. The number of hydrogen-bond donors (Lipinski definition) is 1. The Balaban J connectivity index is 1.96. The monoisotopic (exact) mass is 256 g/mol. The Hall–Kier alpha value is -1.80. The Morgan fingerprint density at radius 1 is 1.00 bits per heavy atom. The molecule has 0 aliphatic heterocycles. The topological polar surface area (TPSA) is 29.5 Å². The highest BCUT2D eigenvalue weighted by Crippen LogP contribution is 2.26. The van der Waals surface area contributed by atoms with E-state index in [9.17, 15) is 5.11 Å². The molecule has 19 heavy (non-hydrogen) atoms. The van der Waals surface area contributed by atoms with E-state index in [2.05, 4.69) is 12.1 Å². The molecule has 0 saturated carbocycles. The maximum atomic E-state index is 9.95. The molecule has 1 atom stereocenters. The average molecular weight is 256 g/mol. The van der Waals surface area contributed by atoms with Gasteiger partial charge in [0.2, 0.25) is 0 Å². The Kier molecular flexibility index (Phi) is 4.99. The second kappa shape index (κ2) is 6.95. The average Bonchev–Trinajstić information content (AvgIpc) is 2.48. The third-order valence-corrected chi connectivity index (χ3v) is 3.16. The van der Waals surface area contributed by atoms with Crippen molar-refractivity contribution in [3.05, 3.63) is 65.7 Å². The first kappa shape index (κ1) is 13.6. The van der Waals surface area contributed by atoms with E-state index in [-0.39, 0.29) is 0 Å². The Bertz CT molecular complexity index is 494. The summed E-state index contributed by atoms with van der Waals surface area (Å²) in [5.41, 5.74) is 2.13. The molecule has 0 aromatic heterocycles. The van der Waals surface area contributed by atoms with Crippen LogP contribution in [-0.2, 0) is 6.42 Å². The van der Waals surface area contributed by atoms with E-state index in [1.165, 1.54) is 5.56 Å². The van der Waals surface area contributed by atoms with Gasteiger partial charge in [0.05, 0.1) is 12.7 Å². The van der Waals surface area contributed by atoms with E-state index >= 15 is 0 Å². The molecule has 2 nitrogen and oxygen atoms in total. The smallest absolute Gasteiger partial charge is 0.125 e. The van der Waals surface area contributed by atoms with Gasteiger partial charge in [0.1, 0.15) is 5.75 Å². The molecule has 0 radical (unpaired) electrons. The van der Waals surface area contributed by atoms with Gasteiger partial charge in [0.25, 0.3) is 0 Å². The summed E-state index contributed by atoms with van der Waals surface area (Å²) in [6.07, 6.45) is 1.11. The molecule has 2 aromatic carbocycles. The standard InChI is InChI=1S/C17H20O2/c1-2-16(18)15-10-6-7-11-17(15)19-13-12-14-8-4-3-5-9-14/h3-11,16,18H,2,12-13H2,1H3/t16-/m1/s1. The van der Waals surface area contributed by atoms with Crippen LogP contribution in [0.25, 0.3) is 0 Å². The molecule has 0 aliphatic carbocycles. The van der Waals surface area contributed by atoms with E-state index in [4.69, 9.17) is 4.74 Å². The largest absolute Gasteiger partial charge is 0.493 e. The van der Waals surface area contributed by atoms with Crippen LogP contribution in [0.15, 0.2) is 54.6 Å². The van der Waals surface area contributed by atoms with Crippen molar-refractivity contribution in [2.24, 2.45) is 0 Å². The lowest BCUT2D eigenvalue weighted by atomic mass is 10.1. The van der Waals surface area contributed by atoms with E-state index in [0.29, 0.717) is 13.0 Å². The van der Waals surface area contributed by atoms with Gasteiger partial charge in [-0.2, -0.15) is 0 Å². The molecule has 0 unspecified atom stereocenters. The number of para-hydroxylation sites is 1. The predicted octanol–water partition coefficient (Wildman–Crippen LogP) is 3.75. The Labute approximate surface area is 114 Å². The van der Waals surface area contributed by atoms with Crippen molar-refractivity contribution >= 4 is 0 Å². The Morgan fingerprint density at radius 3 is 2.42 bits per heavy atom. The summed E-state index contributed by atoms with van der Waals surface area (Å²) in [6, 6.07) is 18.0. The fraction of sp³-hybridized carbons (Fsp3) is 0.294. The molecule has 2 aromatic rings. The molecule has 0 heterocycles. The van der Waals surface area contributed by atoms with Crippen LogP contribution in [0.1, 0.15) is 30.6 Å². The van der Waals surface area contributed by atoms with Crippen LogP contribution in [0.4, 0.5) is 0 Å². The minimum Gasteiger partial charge on any atom is -0.493 e. The number of aliphatic hydroxyl groups excluding tert-OH is 1. The molecule has 1 N–H and O–H groups in total. The van der Waals surface area contributed by atoms with Crippen molar-refractivity contribution in [2.75, 3.05) is 6.61 Å². The van der Waals surface area contributed by atoms with Gasteiger partial charge >= 0.3 is 0 Å². The third kappa shape index (κ3) is 3.83. The zero-order chi connectivity index (χ0) is 13.5. The lowest BCUT2D eigenvalue weighted by molar-refractivity contribution is 0.167. The second-order valence-corrected chi connectivity index (χ2v) is 4.55. The van der Waals surface area contributed by atoms with E-state index in [1.807, 2.05) is 49.4 Å². The fourth-order valence-electron chi connectivity index (χ4n) is 2.03. The maximum absolute atomic E-state index is 9.95. The number of hydrogen-bond acceptors (Lipinski definition) is 2. The van der Waals surface area contributed by atoms with Gasteiger partial charge in [-0.05, 0) is 18.1 Å². The first-order valence-corrected chi connectivity index (χ1v) is 6.75. The normalized spacial score (nSPS) is 12.1. The van der Waals surface area contributed by atoms with Crippen molar-refractivity contribution in [1.82, 2.24) is 0 Å². The van der Waals surface area contributed by atoms with Gasteiger partial charge in [-0.15, -0.1) is 0 Å². The third-order valence-electron chi connectivity index (χ3n) is 3.16. The van der Waals surface area contributed by atoms with Gasteiger partial charge in [0.15, 0.2) is 0 Å². The van der Waals surface area contributed by atoms with E-state index in [0.717, 1.165) is 17.7 Å². The predicted molar refractivity (Wildman–Crippen MR) is 77.3 cm³/mol. The number of benzene rings is 2. The number of ether oxygens (including phenoxy) is 1. The fourth-order valence-corrected chi connectivity index (χ4v) is 2.03. The summed E-state index contributed by atoms with van der Waals surface area (Å²) in [4.78, 5) is 0. The summed E-state index contributed by atoms with van der Waals surface area (Å²) >= 11 is 0. The van der Waals surface area contributed by atoms with E-state index < -0.39 is 6.10 Å². The summed E-state index contributed by atoms with van der Waals surface area (Å²) in [7, 11) is 0. The molecule has 0 saturated heterocycles. The molecule has 0 spiro atoms. The molecular weight excluding hydrogens is 236 g/mol. The van der Waals surface area contributed by atoms with Crippen LogP contribution in [0.2, 0.25) is 0 Å². The van der Waals surface area contributed by atoms with Crippen molar-refractivity contribution in [2.45, 2.75) is 25.9 Å². The summed E-state index contributed by atoms with van der Waals surface area (Å²) in [5.74, 6) is 0.785. The van der Waals surface area contributed by atoms with Crippen LogP contribution < -0.4 is 4.74 Å². The van der Waals surface area contributed by atoms with Gasteiger partial charge in [-0.1, -0.05) is 55.5 Å². The first-order valence-electron chi connectivity index (χ1n) is 6.75. The van der Waals surface area contributed by atoms with Crippen molar-refractivity contribution < 1.29 is 9.84 Å². The van der Waals surface area contributed by atoms with Crippen molar-refractivity contribution in [1.29, 1.82) is 0 Å². The second-order valence-electron chi connectivity index (χ2n) is 4.55. The molecule has 0 fully saturated rings. The quantitative estimate of drug-likeness (QED) is 0.853. The molecule has 0 aliphatic rings. The van der Waals surface area contributed by atoms with Crippen LogP contribution in [0.5, 0.6) is 5.75 Å². The first-order chi connectivity index (χ1) is 9.31. The summed E-state index contributed by atoms with van der Waals surface area (Å²) in [6.45, 7) is 2.59. The van der Waals surface area contributed by atoms with Gasteiger partial charge in [0, 0.05) is 12.0 Å². The molecule has 0 bridgehead atoms. The van der Waals surface area contributed by atoms with Crippen LogP contribution in [0, 0.1) is 0 Å². The maximum Gasteiger partial charge on any atom is 0.125 e. The Morgan fingerprint density at radius 2 is 1.68 bits per heavy atom. The number of rotatable bonds is 6. The summed E-state index contributed by atoms with van der Waals surface area (Å²) < 4.78 is 5.80. The zero-order valence-electron chi connectivity index (χ0n) is 11.3. The van der Waals surface area contributed by atoms with Crippen LogP contribution in [0.3, 0.4) is 0 Å². The summed E-state index contributed by atoms with van der Waals surface area (Å²) in [5, 5.41) is 9.95. The van der Waals surface area contributed by atoms with Gasteiger partial charge < -0.3 is 9.84 Å². The highest BCUT2D eigenvalue weighted by atomic mass is 16.5. The van der Waals surface area contributed by atoms with E-state index in [1.54, 1.807) is 0 Å². The van der Waals surface area contributed by atoms with Crippen LogP contribution in [-0.4, -0.2) is 11.7 Å². The SMILES string of the molecule is CC[C@@H](O)c1ccccc1OCCc1ccccc1. The molecule has 2 heteroatoms. The van der Waals surface area contributed by atoms with Gasteiger partial charge in [-0.3, -0.25) is 0 Å². The van der Waals surface area contributed by atoms with Crippen molar-refractivity contribution in [3.63, 3.8) is 0 Å². The molecule has 0 amide bonds. The zero-order valence-corrected chi connectivity index (χ0v) is 11.3. The molecule has 100 valence electrons. The molecule has 2 rings (SSSR count). The van der Waals surface area contributed by atoms with Crippen LogP contribution >= 0.6 is 0 Å². The number of aliphatic hydroxyl groups is 1. The van der Waals surface area contributed by atoms with Crippen molar-refractivity contribution in [3.8, 4) is 5.75 Å². The molecular formula is C17H20O2. The highest BCUT2D eigenvalue weighted by molar-refractivity contribution is 5.35.